The highest BCUT2D eigenvalue weighted by molar-refractivity contribution is 7.91. The summed E-state index contributed by atoms with van der Waals surface area (Å²) < 4.78 is 29.4. The number of fused-ring (bicyclic) bond motifs is 1. The zero-order valence-corrected chi connectivity index (χ0v) is 16.0. The summed E-state index contributed by atoms with van der Waals surface area (Å²) in [4.78, 5) is 4.16. The lowest BCUT2D eigenvalue weighted by Gasteiger charge is -2.15. The van der Waals surface area contributed by atoms with E-state index in [1.165, 1.54) is 15.6 Å². The third-order valence-corrected chi connectivity index (χ3v) is 7.85. The van der Waals surface area contributed by atoms with Gasteiger partial charge in [-0.05, 0) is 23.1 Å². The Morgan fingerprint density at radius 3 is 2.84 bits per heavy atom. The van der Waals surface area contributed by atoms with Crippen molar-refractivity contribution < 1.29 is 8.42 Å². The van der Waals surface area contributed by atoms with Crippen molar-refractivity contribution in [2.24, 2.45) is 12.8 Å². The van der Waals surface area contributed by atoms with E-state index in [0.717, 1.165) is 16.5 Å². The van der Waals surface area contributed by atoms with Crippen molar-refractivity contribution in [2.45, 2.75) is 16.2 Å². The maximum absolute atomic E-state index is 12.8. The Morgan fingerprint density at radius 2 is 2.12 bits per heavy atom. The smallest absolute Gasteiger partial charge is 0.252 e. The molecular formula is C16H19ClN4O2S2. The molecule has 1 aliphatic rings. The second-order valence-corrected chi connectivity index (χ2v) is 9.23. The maximum atomic E-state index is 12.8. The molecule has 0 saturated carbocycles. The number of pyridine rings is 1. The average molecular weight is 399 g/mol. The molecule has 3 aromatic rings. The Morgan fingerprint density at radius 1 is 1.32 bits per heavy atom. The zero-order valence-electron chi connectivity index (χ0n) is 13.6. The Balaban J connectivity index is 0.00000182. The molecule has 25 heavy (non-hydrogen) atoms. The van der Waals surface area contributed by atoms with Gasteiger partial charge in [0.2, 0.25) is 0 Å². The van der Waals surface area contributed by atoms with Crippen LogP contribution in [0.2, 0.25) is 0 Å². The van der Waals surface area contributed by atoms with Crippen LogP contribution in [0.3, 0.4) is 0 Å². The largest absolute Gasteiger partial charge is 0.349 e. The summed E-state index contributed by atoms with van der Waals surface area (Å²) in [5.41, 5.74) is 8.44. The Labute approximate surface area is 156 Å². The molecule has 0 unspecified atom stereocenters. The molecule has 4 rings (SSSR count). The van der Waals surface area contributed by atoms with Crippen LogP contribution >= 0.6 is 23.7 Å². The molecule has 9 heteroatoms. The van der Waals surface area contributed by atoms with Crippen LogP contribution in [0.5, 0.6) is 0 Å². The van der Waals surface area contributed by atoms with Crippen LogP contribution < -0.4 is 5.73 Å². The third kappa shape index (κ3) is 2.98. The number of hydrogen-bond acceptors (Lipinski definition) is 5. The van der Waals surface area contributed by atoms with Crippen LogP contribution in [0.15, 0.2) is 46.4 Å². The minimum Gasteiger partial charge on any atom is -0.349 e. The molecule has 134 valence electrons. The number of sulfonamides is 1. The van der Waals surface area contributed by atoms with Crippen molar-refractivity contribution in [3.05, 3.63) is 47.7 Å². The molecule has 0 bridgehead atoms. The number of aromatic nitrogens is 2. The van der Waals surface area contributed by atoms with E-state index in [-0.39, 0.29) is 24.4 Å². The van der Waals surface area contributed by atoms with Crippen LogP contribution in [0.4, 0.5) is 0 Å². The molecule has 6 nitrogen and oxygen atoms in total. The molecule has 0 aliphatic carbocycles. The Hall–Kier alpha value is -1.45. The summed E-state index contributed by atoms with van der Waals surface area (Å²) in [5.74, 6) is -0.0224. The summed E-state index contributed by atoms with van der Waals surface area (Å²) in [5, 5.41) is 2.86. The first kappa shape index (κ1) is 18.3. The molecule has 1 saturated heterocycles. The minimum atomic E-state index is -3.46. The highest BCUT2D eigenvalue weighted by atomic mass is 35.5. The van der Waals surface area contributed by atoms with Crippen molar-refractivity contribution in [1.29, 1.82) is 0 Å². The number of rotatable bonds is 3. The zero-order chi connectivity index (χ0) is 16.9. The van der Waals surface area contributed by atoms with E-state index in [9.17, 15) is 8.42 Å². The lowest BCUT2D eigenvalue weighted by Crippen LogP contribution is -2.31. The van der Waals surface area contributed by atoms with Crippen LogP contribution in [0.25, 0.3) is 10.9 Å². The van der Waals surface area contributed by atoms with Gasteiger partial charge in [-0.2, -0.15) is 4.31 Å². The molecule has 2 atom stereocenters. The molecule has 3 aromatic heterocycles. The van der Waals surface area contributed by atoms with Gasteiger partial charge in [-0.1, -0.05) is 6.07 Å². The SMILES string of the molecule is Cl.Cn1cc([C@@H]2CN(S(=O)(=O)c3cccs3)C[C@H]2N)c2ccncc21. The normalized spacial score (nSPS) is 21.5. The quantitative estimate of drug-likeness (QED) is 0.733. The highest BCUT2D eigenvalue weighted by Crippen LogP contribution is 2.35. The van der Waals surface area contributed by atoms with Crippen molar-refractivity contribution in [3.63, 3.8) is 0 Å². The number of aryl methyl sites for hydroxylation is 1. The molecule has 0 aromatic carbocycles. The number of thiophene rings is 1. The second kappa shape index (κ2) is 6.69. The van der Waals surface area contributed by atoms with Gasteiger partial charge in [0.1, 0.15) is 4.21 Å². The van der Waals surface area contributed by atoms with E-state index in [4.69, 9.17) is 5.73 Å². The second-order valence-electron chi connectivity index (χ2n) is 6.11. The summed E-state index contributed by atoms with van der Waals surface area (Å²) in [6.45, 7) is 0.745. The molecule has 0 amide bonds. The summed E-state index contributed by atoms with van der Waals surface area (Å²) >= 11 is 1.24. The summed E-state index contributed by atoms with van der Waals surface area (Å²) in [7, 11) is -1.50. The van der Waals surface area contributed by atoms with Gasteiger partial charge in [-0.25, -0.2) is 8.42 Å². The molecule has 0 radical (unpaired) electrons. The molecule has 1 aliphatic heterocycles. The molecule has 0 spiro atoms. The third-order valence-electron chi connectivity index (χ3n) is 4.64. The first-order valence-electron chi connectivity index (χ1n) is 7.66. The van der Waals surface area contributed by atoms with Crippen LogP contribution in [-0.4, -0.2) is 41.4 Å². The Kier molecular flexibility index (Phi) is 4.91. The molecule has 1 fully saturated rings. The van der Waals surface area contributed by atoms with Gasteiger partial charge < -0.3 is 10.3 Å². The lowest BCUT2D eigenvalue weighted by atomic mass is 9.95. The fourth-order valence-corrected chi connectivity index (χ4v) is 6.06. The highest BCUT2D eigenvalue weighted by Gasteiger charge is 2.39. The number of nitrogens with zero attached hydrogens (tertiary/aromatic N) is 3. The first-order valence-corrected chi connectivity index (χ1v) is 9.98. The first-order chi connectivity index (χ1) is 11.5. The molecular weight excluding hydrogens is 380 g/mol. The van der Waals surface area contributed by atoms with Gasteiger partial charge in [-0.3, -0.25) is 4.98 Å². The summed E-state index contributed by atoms with van der Waals surface area (Å²) in [6.07, 6.45) is 5.62. The minimum absolute atomic E-state index is 0. The van der Waals surface area contributed by atoms with Crippen molar-refractivity contribution in [2.75, 3.05) is 13.1 Å². The van der Waals surface area contributed by atoms with Crippen molar-refractivity contribution in [1.82, 2.24) is 13.9 Å². The van der Waals surface area contributed by atoms with E-state index < -0.39 is 10.0 Å². The monoisotopic (exact) mass is 398 g/mol. The number of halogens is 1. The van der Waals surface area contributed by atoms with Crippen LogP contribution in [0.1, 0.15) is 11.5 Å². The van der Waals surface area contributed by atoms with Crippen LogP contribution in [-0.2, 0) is 17.1 Å². The van der Waals surface area contributed by atoms with E-state index in [1.54, 1.807) is 23.7 Å². The Bertz CT molecular complexity index is 985. The predicted octanol–water partition coefficient (Wildman–Crippen LogP) is 2.17. The van der Waals surface area contributed by atoms with E-state index in [2.05, 4.69) is 4.98 Å². The van der Waals surface area contributed by atoms with Gasteiger partial charge in [0.15, 0.2) is 0 Å². The van der Waals surface area contributed by atoms with Gasteiger partial charge >= 0.3 is 0 Å². The van der Waals surface area contributed by atoms with Crippen LogP contribution in [0, 0.1) is 0 Å². The van der Waals surface area contributed by atoms with E-state index in [0.29, 0.717) is 17.3 Å². The molecule has 2 N–H and O–H groups in total. The van der Waals surface area contributed by atoms with E-state index in [1.807, 2.05) is 30.1 Å². The van der Waals surface area contributed by atoms with Gasteiger partial charge in [0.05, 0.1) is 11.7 Å². The maximum Gasteiger partial charge on any atom is 0.252 e. The topological polar surface area (TPSA) is 81.2 Å². The number of hydrogen-bond donors (Lipinski definition) is 1. The van der Waals surface area contributed by atoms with Crippen molar-refractivity contribution in [3.8, 4) is 0 Å². The standard InChI is InChI=1S/C16H18N4O2S2.ClH/c1-19-8-12(11-4-5-18-7-15(11)19)13-9-20(10-14(13)17)24(21,22)16-3-2-6-23-16;/h2-8,13-14H,9-10,17H2,1H3;1H/t13-,14+;/m0./s1. The fourth-order valence-electron chi connectivity index (χ4n) is 3.41. The summed E-state index contributed by atoms with van der Waals surface area (Å²) in [6, 6.07) is 5.14. The van der Waals surface area contributed by atoms with Crippen molar-refractivity contribution >= 4 is 44.7 Å². The van der Waals surface area contributed by atoms with E-state index >= 15 is 0 Å². The average Bonchev–Trinajstić information content (AvgIpc) is 3.27. The van der Waals surface area contributed by atoms with Gasteiger partial charge in [0, 0.05) is 49.9 Å². The number of nitrogens with two attached hydrogens (primary N) is 1. The molecule has 4 heterocycles. The van der Waals surface area contributed by atoms with Gasteiger partial charge in [0.25, 0.3) is 10.0 Å². The fraction of sp³-hybridized carbons (Fsp3) is 0.312. The van der Waals surface area contributed by atoms with Gasteiger partial charge in [-0.15, -0.1) is 23.7 Å². The lowest BCUT2D eigenvalue weighted by molar-refractivity contribution is 0.472. The predicted molar refractivity (Wildman–Crippen MR) is 102 cm³/mol.